The Hall–Kier alpha value is -1.63. The van der Waals surface area contributed by atoms with Crippen LogP contribution in [0.3, 0.4) is 0 Å². The Morgan fingerprint density at radius 2 is 2.11 bits per heavy atom. The number of rotatable bonds is 4. The van der Waals surface area contributed by atoms with E-state index in [1.807, 2.05) is 12.1 Å². The van der Waals surface area contributed by atoms with Crippen molar-refractivity contribution in [3.8, 4) is 5.75 Å². The summed E-state index contributed by atoms with van der Waals surface area (Å²) >= 11 is 0. The fourth-order valence-corrected chi connectivity index (χ4v) is 4.84. The topological polar surface area (TPSA) is 79.8 Å². The maximum absolute atomic E-state index is 11.9. The lowest BCUT2D eigenvalue weighted by molar-refractivity contribution is -0.139. The fourth-order valence-electron chi connectivity index (χ4n) is 4.84. The Labute approximate surface area is 160 Å². The van der Waals surface area contributed by atoms with E-state index in [1.54, 1.807) is 6.07 Å². The monoisotopic (exact) mass is 374 g/mol. The van der Waals surface area contributed by atoms with E-state index in [2.05, 4.69) is 16.7 Å². The summed E-state index contributed by atoms with van der Waals surface area (Å²) in [6, 6.07) is 7.72. The number of aromatic hydroxyl groups is 1. The number of phenolic OH excluding ortho intramolecular Hbond substituents is 1. The Morgan fingerprint density at radius 3 is 2.89 bits per heavy atom. The molecule has 148 valence electrons. The van der Waals surface area contributed by atoms with Crippen LogP contribution in [-0.2, 0) is 14.3 Å². The molecule has 3 fully saturated rings. The smallest absolute Gasteiger partial charge is 0.246 e. The van der Waals surface area contributed by atoms with Crippen molar-refractivity contribution in [1.82, 2.24) is 10.6 Å². The Balaban J connectivity index is 1.29. The quantitative estimate of drug-likeness (QED) is 0.752. The third-order valence-corrected chi connectivity index (χ3v) is 6.35. The molecule has 27 heavy (non-hydrogen) atoms. The summed E-state index contributed by atoms with van der Waals surface area (Å²) < 4.78 is 11.8. The average Bonchev–Trinajstić information content (AvgIpc) is 2.68. The van der Waals surface area contributed by atoms with Gasteiger partial charge in [0.25, 0.3) is 0 Å². The molecule has 1 aromatic rings. The van der Waals surface area contributed by atoms with Crippen molar-refractivity contribution >= 4 is 5.91 Å². The number of carbonyl (C=O) groups excluding carboxylic acids is 1. The van der Waals surface area contributed by atoms with Crippen LogP contribution >= 0.6 is 0 Å². The SMILES string of the molecule is O=C1COCC2(CCCNC2COC2CCC(c3cccc(O)c3)CC2)N1. The molecule has 1 saturated carbocycles. The van der Waals surface area contributed by atoms with E-state index in [9.17, 15) is 9.90 Å². The predicted octanol–water partition coefficient (Wildman–Crippen LogP) is 2.07. The molecule has 6 heteroatoms. The first-order valence-corrected chi connectivity index (χ1v) is 10.2. The average molecular weight is 374 g/mol. The molecule has 6 nitrogen and oxygen atoms in total. The van der Waals surface area contributed by atoms with E-state index in [-0.39, 0.29) is 30.2 Å². The number of carbonyl (C=O) groups is 1. The first-order valence-electron chi connectivity index (χ1n) is 10.2. The van der Waals surface area contributed by atoms with Crippen LogP contribution in [0, 0.1) is 0 Å². The van der Waals surface area contributed by atoms with Gasteiger partial charge < -0.3 is 25.2 Å². The van der Waals surface area contributed by atoms with Gasteiger partial charge in [0.2, 0.25) is 5.91 Å². The maximum atomic E-state index is 11.9. The highest BCUT2D eigenvalue weighted by Crippen LogP contribution is 2.35. The van der Waals surface area contributed by atoms with Crippen molar-refractivity contribution < 1.29 is 19.4 Å². The zero-order chi connectivity index (χ0) is 18.7. The molecule has 1 spiro atoms. The zero-order valence-corrected chi connectivity index (χ0v) is 15.8. The highest BCUT2D eigenvalue weighted by molar-refractivity contribution is 5.79. The van der Waals surface area contributed by atoms with Gasteiger partial charge in [0.05, 0.1) is 30.9 Å². The van der Waals surface area contributed by atoms with E-state index < -0.39 is 0 Å². The minimum Gasteiger partial charge on any atom is -0.508 e. The van der Waals surface area contributed by atoms with E-state index in [4.69, 9.17) is 9.47 Å². The van der Waals surface area contributed by atoms with Gasteiger partial charge in [0.1, 0.15) is 12.4 Å². The number of nitrogens with one attached hydrogen (secondary N) is 2. The Kier molecular flexibility index (Phi) is 5.66. The normalized spacial score (nSPS) is 34.4. The van der Waals surface area contributed by atoms with Gasteiger partial charge in [0.15, 0.2) is 0 Å². The number of benzene rings is 1. The van der Waals surface area contributed by atoms with Crippen molar-refractivity contribution in [2.45, 2.75) is 62.1 Å². The van der Waals surface area contributed by atoms with E-state index in [1.165, 1.54) is 5.56 Å². The summed E-state index contributed by atoms with van der Waals surface area (Å²) in [4.78, 5) is 11.9. The second-order valence-corrected chi connectivity index (χ2v) is 8.21. The molecule has 2 saturated heterocycles. The molecule has 1 amide bonds. The number of piperidine rings is 1. The van der Waals surface area contributed by atoms with Gasteiger partial charge in [0, 0.05) is 0 Å². The van der Waals surface area contributed by atoms with Crippen molar-refractivity contribution in [2.75, 3.05) is 26.4 Å². The lowest BCUT2D eigenvalue weighted by Crippen LogP contribution is -2.70. The molecule has 3 N–H and O–H groups in total. The number of hydrogen-bond donors (Lipinski definition) is 3. The molecule has 4 rings (SSSR count). The highest BCUT2D eigenvalue weighted by atomic mass is 16.5. The fraction of sp³-hybridized carbons (Fsp3) is 0.667. The minimum absolute atomic E-state index is 0.0263. The predicted molar refractivity (Wildman–Crippen MR) is 102 cm³/mol. The third kappa shape index (κ3) is 4.28. The number of phenols is 1. The van der Waals surface area contributed by atoms with Gasteiger partial charge in [-0.3, -0.25) is 4.79 Å². The zero-order valence-electron chi connectivity index (χ0n) is 15.8. The van der Waals surface area contributed by atoms with Crippen LogP contribution in [0.15, 0.2) is 24.3 Å². The van der Waals surface area contributed by atoms with E-state index in [0.29, 0.717) is 24.9 Å². The summed E-state index contributed by atoms with van der Waals surface area (Å²) in [7, 11) is 0. The van der Waals surface area contributed by atoms with Gasteiger partial charge in [-0.15, -0.1) is 0 Å². The number of morpholine rings is 1. The van der Waals surface area contributed by atoms with Crippen LogP contribution in [0.1, 0.15) is 50.0 Å². The van der Waals surface area contributed by atoms with Gasteiger partial charge in [-0.05, 0) is 68.7 Å². The standard InChI is InChI=1S/C21H30N2O4/c24-17-4-1-3-16(11-17)15-5-7-18(8-6-15)27-12-19-21(9-2-10-22-19)14-26-13-20(25)23-21/h1,3-4,11,15,18-19,22,24H,2,5-10,12-14H2,(H,23,25). The third-order valence-electron chi connectivity index (χ3n) is 6.35. The summed E-state index contributed by atoms with van der Waals surface area (Å²) in [5.41, 5.74) is 0.898. The van der Waals surface area contributed by atoms with Crippen LogP contribution in [0.4, 0.5) is 0 Å². The highest BCUT2D eigenvalue weighted by Gasteiger charge is 2.44. The van der Waals surface area contributed by atoms with Gasteiger partial charge in [-0.25, -0.2) is 0 Å². The van der Waals surface area contributed by atoms with Gasteiger partial charge in [-0.1, -0.05) is 12.1 Å². The molecular weight excluding hydrogens is 344 g/mol. The Morgan fingerprint density at radius 1 is 1.26 bits per heavy atom. The van der Waals surface area contributed by atoms with Crippen molar-refractivity contribution in [3.05, 3.63) is 29.8 Å². The van der Waals surface area contributed by atoms with Crippen LogP contribution in [0.2, 0.25) is 0 Å². The molecule has 1 aromatic carbocycles. The lowest BCUT2D eigenvalue weighted by Gasteiger charge is -2.47. The van der Waals surface area contributed by atoms with Gasteiger partial charge >= 0.3 is 0 Å². The van der Waals surface area contributed by atoms with Crippen LogP contribution in [0.5, 0.6) is 5.75 Å². The Bertz CT molecular complexity index is 655. The van der Waals surface area contributed by atoms with Crippen LogP contribution < -0.4 is 10.6 Å². The van der Waals surface area contributed by atoms with Crippen molar-refractivity contribution in [1.29, 1.82) is 0 Å². The summed E-state index contributed by atoms with van der Waals surface area (Å²) in [6.07, 6.45) is 6.46. The minimum atomic E-state index is -0.327. The molecule has 0 aromatic heterocycles. The molecular formula is C21H30N2O4. The second-order valence-electron chi connectivity index (χ2n) is 8.21. The number of amides is 1. The van der Waals surface area contributed by atoms with Crippen LogP contribution in [-0.4, -0.2) is 55.1 Å². The summed E-state index contributed by atoms with van der Waals surface area (Å²) in [6.45, 7) is 2.28. The maximum Gasteiger partial charge on any atom is 0.246 e. The lowest BCUT2D eigenvalue weighted by atomic mass is 9.81. The second kappa shape index (κ2) is 8.17. The molecule has 2 heterocycles. The molecule has 3 aliphatic rings. The summed E-state index contributed by atoms with van der Waals surface area (Å²) in [5.74, 6) is 0.819. The molecule has 2 atom stereocenters. The molecule has 2 unspecified atom stereocenters. The molecule has 0 bridgehead atoms. The molecule has 1 aliphatic carbocycles. The van der Waals surface area contributed by atoms with Crippen molar-refractivity contribution in [3.63, 3.8) is 0 Å². The van der Waals surface area contributed by atoms with E-state index >= 15 is 0 Å². The van der Waals surface area contributed by atoms with Crippen LogP contribution in [0.25, 0.3) is 0 Å². The number of hydrogen-bond acceptors (Lipinski definition) is 5. The van der Waals surface area contributed by atoms with Gasteiger partial charge in [-0.2, -0.15) is 0 Å². The largest absolute Gasteiger partial charge is 0.508 e. The number of ether oxygens (including phenoxy) is 2. The van der Waals surface area contributed by atoms with Crippen molar-refractivity contribution in [2.24, 2.45) is 0 Å². The molecule has 2 aliphatic heterocycles. The first-order chi connectivity index (χ1) is 13.1. The van der Waals surface area contributed by atoms with E-state index in [0.717, 1.165) is 45.1 Å². The summed E-state index contributed by atoms with van der Waals surface area (Å²) in [5, 5.41) is 16.4. The molecule has 0 radical (unpaired) electrons. The first kappa shape index (κ1) is 18.7.